The molecule has 0 saturated heterocycles. The van der Waals surface area contributed by atoms with Crippen LogP contribution in [0.2, 0.25) is 0 Å². The topological polar surface area (TPSA) is 12.9 Å². The van der Waals surface area contributed by atoms with E-state index in [1.54, 1.807) is 6.20 Å². The van der Waals surface area contributed by atoms with Crippen LogP contribution in [0.25, 0.3) is 10.6 Å². The molecule has 0 N–H and O–H groups in total. The summed E-state index contributed by atoms with van der Waals surface area (Å²) in [5.74, 6) is -1.43. The van der Waals surface area contributed by atoms with E-state index in [4.69, 9.17) is 11.6 Å². The van der Waals surface area contributed by atoms with Crippen LogP contribution < -0.4 is 0 Å². The highest BCUT2D eigenvalue weighted by molar-refractivity contribution is 9.10. The molecular formula is C10H5BrClF2NS. The summed E-state index contributed by atoms with van der Waals surface area (Å²) in [5, 5.41) is 0.612. The van der Waals surface area contributed by atoms with E-state index in [9.17, 15) is 8.78 Å². The quantitative estimate of drug-likeness (QED) is 0.581. The van der Waals surface area contributed by atoms with E-state index in [1.807, 2.05) is 0 Å². The normalized spacial score (nSPS) is 10.8. The van der Waals surface area contributed by atoms with Crippen LogP contribution in [0.15, 0.2) is 22.8 Å². The van der Waals surface area contributed by atoms with E-state index in [0.717, 1.165) is 10.9 Å². The molecule has 6 heteroatoms. The summed E-state index contributed by atoms with van der Waals surface area (Å²) in [4.78, 5) is 4.99. The lowest BCUT2D eigenvalue weighted by atomic mass is 10.2. The summed E-state index contributed by atoms with van der Waals surface area (Å²) in [7, 11) is 0. The van der Waals surface area contributed by atoms with Gasteiger partial charge in [0, 0.05) is 16.6 Å². The molecule has 0 aliphatic rings. The van der Waals surface area contributed by atoms with E-state index in [0.29, 0.717) is 16.5 Å². The second kappa shape index (κ2) is 4.77. The average molecular weight is 325 g/mol. The Bertz CT molecular complexity index is 530. The molecule has 0 saturated carbocycles. The van der Waals surface area contributed by atoms with Gasteiger partial charge in [-0.1, -0.05) is 0 Å². The van der Waals surface area contributed by atoms with E-state index in [2.05, 4.69) is 20.9 Å². The Hall–Kier alpha value is -0.520. The van der Waals surface area contributed by atoms with Crippen molar-refractivity contribution in [1.29, 1.82) is 0 Å². The Morgan fingerprint density at radius 2 is 2.12 bits per heavy atom. The molecule has 0 radical (unpaired) electrons. The minimum atomic E-state index is -0.903. The highest BCUT2D eigenvalue weighted by Gasteiger charge is 2.14. The summed E-state index contributed by atoms with van der Waals surface area (Å²) in [6.45, 7) is 0. The Labute approximate surface area is 108 Å². The van der Waals surface area contributed by atoms with E-state index in [-0.39, 0.29) is 4.47 Å². The number of alkyl halides is 1. The molecule has 1 heterocycles. The van der Waals surface area contributed by atoms with Gasteiger partial charge in [0.2, 0.25) is 0 Å². The third-order valence-corrected chi connectivity index (χ3v) is 4.20. The summed E-state index contributed by atoms with van der Waals surface area (Å²) < 4.78 is 26.3. The van der Waals surface area contributed by atoms with Gasteiger partial charge in [0.15, 0.2) is 11.6 Å². The van der Waals surface area contributed by atoms with Gasteiger partial charge in [0.25, 0.3) is 0 Å². The first kappa shape index (κ1) is 12.0. The number of halogens is 4. The predicted octanol–water partition coefficient (Wildman–Crippen LogP) is 4.59. The third kappa shape index (κ3) is 2.12. The van der Waals surface area contributed by atoms with Crippen LogP contribution in [0.4, 0.5) is 8.78 Å². The first-order valence-electron chi connectivity index (χ1n) is 4.28. The fourth-order valence-electron chi connectivity index (χ4n) is 1.18. The lowest BCUT2D eigenvalue weighted by molar-refractivity contribution is 0.505. The Morgan fingerprint density at radius 1 is 1.38 bits per heavy atom. The van der Waals surface area contributed by atoms with Crippen LogP contribution in [0.5, 0.6) is 0 Å². The largest absolute Gasteiger partial charge is 0.244 e. The van der Waals surface area contributed by atoms with Crippen molar-refractivity contribution in [3.05, 3.63) is 39.3 Å². The van der Waals surface area contributed by atoms with Crippen LogP contribution in [0.1, 0.15) is 4.88 Å². The van der Waals surface area contributed by atoms with Crippen molar-refractivity contribution >= 4 is 38.9 Å². The number of thiazole rings is 1. The number of benzene rings is 1. The van der Waals surface area contributed by atoms with Crippen molar-refractivity contribution in [3.63, 3.8) is 0 Å². The van der Waals surface area contributed by atoms with E-state index < -0.39 is 11.6 Å². The summed E-state index contributed by atoms with van der Waals surface area (Å²) in [5.41, 5.74) is 0.528. The van der Waals surface area contributed by atoms with Gasteiger partial charge in [-0.2, -0.15) is 0 Å². The molecule has 84 valence electrons. The van der Waals surface area contributed by atoms with Gasteiger partial charge in [-0.15, -0.1) is 22.9 Å². The number of hydrogen-bond donors (Lipinski definition) is 0. The molecule has 0 atom stereocenters. The van der Waals surface area contributed by atoms with Crippen LogP contribution in [0, 0.1) is 11.6 Å². The lowest BCUT2D eigenvalue weighted by Gasteiger charge is -2.02. The van der Waals surface area contributed by atoms with Gasteiger partial charge < -0.3 is 0 Å². The third-order valence-electron chi connectivity index (χ3n) is 1.95. The molecule has 0 aliphatic heterocycles. The Balaban J connectivity index is 2.52. The first-order chi connectivity index (χ1) is 7.63. The molecule has 0 spiro atoms. The van der Waals surface area contributed by atoms with Gasteiger partial charge in [0.05, 0.1) is 10.4 Å². The maximum atomic E-state index is 13.3. The highest BCUT2D eigenvalue weighted by Crippen LogP contribution is 2.34. The standard InChI is InChI=1S/C10H5BrClF2NS/c11-8-6(1-2-7(13)9(8)14)10-15-4-5(3-12)16-10/h1-2,4H,3H2. The SMILES string of the molecule is Fc1ccc(-c2ncc(CCl)s2)c(Br)c1F. The zero-order valence-corrected chi connectivity index (χ0v) is 11.0. The summed E-state index contributed by atoms with van der Waals surface area (Å²) >= 11 is 10.0. The molecule has 0 bridgehead atoms. The number of aromatic nitrogens is 1. The second-order valence-corrected chi connectivity index (χ2v) is 5.16. The predicted molar refractivity (Wildman–Crippen MR) is 64.7 cm³/mol. The van der Waals surface area contributed by atoms with Crippen molar-refractivity contribution in [2.24, 2.45) is 0 Å². The summed E-state index contributed by atoms with van der Waals surface area (Å²) in [6.07, 6.45) is 1.63. The fraction of sp³-hybridized carbons (Fsp3) is 0.100. The van der Waals surface area contributed by atoms with Crippen LogP contribution >= 0.6 is 38.9 Å². The van der Waals surface area contributed by atoms with Gasteiger partial charge in [0.1, 0.15) is 5.01 Å². The first-order valence-corrected chi connectivity index (χ1v) is 6.42. The van der Waals surface area contributed by atoms with Crippen molar-refractivity contribution in [2.75, 3.05) is 0 Å². The van der Waals surface area contributed by atoms with Crippen LogP contribution in [-0.4, -0.2) is 4.98 Å². The molecule has 0 fully saturated rings. The molecule has 2 rings (SSSR count). The molecule has 1 aromatic heterocycles. The van der Waals surface area contributed by atoms with E-state index >= 15 is 0 Å². The minimum Gasteiger partial charge on any atom is -0.244 e. The lowest BCUT2D eigenvalue weighted by Crippen LogP contribution is -1.88. The summed E-state index contributed by atoms with van der Waals surface area (Å²) in [6, 6.07) is 2.57. The maximum absolute atomic E-state index is 13.3. The minimum absolute atomic E-state index is 0.0861. The molecule has 0 amide bonds. The molecule has 1 nitrogen and oxygen atoms in total. The van der Waals surface area contributed by atoms with Gasteiger partial charge in [-0.05, 0) is 28.1 Å². The van der Waals surface area contributed by atoms with Gasteiger partial charge >= 0.3 is 0 Å². The number of rotatable bonds is 2. The monoisotopic (exact) mass is 323 g/mol. The van der Waals surface area contributed by atoms with Crippen molar-refractivity contribution in [3.8, 4) is 10.6 Å². The zero-order valence-electron chi connectivity index (χ0n) is 7.81. The molecular weight excluding hydrogens is 320 g/mol. The van der Waals surface area contributed by atoms with Crippen molar-refractivity contribution in [2.45, 2.75) is 5.88 Å². The zero-order chi connectivity index (χ0) is 11.7. The molecule has 1 aromatic carbocycles. The molecule has 0 aliphatic carbocycles. The highest BCUT2D eigenvalue weighted by atomic mass is 79.9. The molecule has 0 unspecified atom stereocenters. The number of hydrogen-bond acceptors (Lipinski definition) is 2. The second-order valence-electron chi connectivity index (χ2n) is 2.99. The Kier molecular flexibility index (Phi) is 3.56. The number of nitrogens with zero attached hydrogens (tertiary/aromatic N) is 1. The van der Waals surface area contributed by atoms with Crippen LogP contribution in [-0.2, 0) is 5.88 Å². The van der Waals surface area contributed by atoms with Gasteiger partial charge in [-0.25, -0.2) is 13.8 Å². The average Bonchev–Trinajstić information content (AvgIpc) is 2.74. The molecule has 16 heavy (non-hydrogen) atoms. The van der Waals surface area contributed by atoms with Crippen molar-refractivity contribution < 1.29 is 8.78 Å². The molecule has 2 aromatic rings. The van der Waals surface area contributed by atoms with E-state index in [1.165, 1.54) is 17.4 Å². The Morgan fingerprint density at radius 3 is 2.75 bits per heavy atom. The smallest absolute Gasteiger partial charge is 0.173 e. The van der Waals surface area contributed by atoms with Gasteiger partial charge in [-0.3, -0.25) is 0 Å². The maximum Gasteiger partial charge on any atom is 0.173 e. The van der Waals surface area contributed by atoms with Crippen LogP contribution in [0.3, 0.4) is 0 Å². The van der Waals surface area contributed by atoms with Crippen molar-refractivity contribution in [1.82, 2.24) is 4.98 Å². The fourth-order valence-corrected chi connectivity index (χ4v) is 2.85.